The molecule has 2 N–H and O–H groups in total. The molecule has 0 amide bonds. The van der Waals surface area contributed by atoms with E-state index in [9.17, 15) is 0 Å². The molecule has 5 heteroatoms. The third kappa shape index (κ3) is 2.21. The van der Waals surface area contributed by atoms with E-state index in [1.54, 1.807) is 11.3 Å². The fourth-order valence-corrected chi connectivity index (χ4v) is 4.90. The Balaban J connectivity index is 2.01. The number of rotatable bonds is 2. The summed E-state index contributed by atoms with van der Waals surface area (Å²) in [6, 6.07) is 4.22. The van der Waals surface area contributed by atoms with Crippen LogP contribution < -0.4 is 5.73 Å². The van der Waals surface area contributed by atoms with E-state index in [0.29, 0.717) is 5.92 Å². The number of halogens is 1. The molecule has 2 heterocycles. The van der Waals surface area contributed by atoms with Gasteiger partial charge in [0.2, 0.25) is 0 Å². The normalized spacial score (nSPS) is 19.3. The fourth-order valence-electron chi connectivity index (χ4n) is 2.27. The summed E-state index contributed by atoms with van der Waals surface area (Å²) in [5.41, 5.74) is 7.10. The van der Waals surface area contributed by atoms with Gasteiger partial charge in [-0.15, -0.1) is 22.7 Å². The first kappa shape index (κ1) is 11.8. The largest absolute Gasteiger partial charge is 0.330 e. The number of aryl methyl sites for hydroxylation is 1. The van der Waals surface area contributed by atoms with E-state index in [1.165, 1.54) is 34.7 Å². The van der Waals surface area contributed by atoms with Crippen molar-refractivity contribution in [3.8, 4) is 9.88 Å². The van der Waals surface area contributed by atoms with Crippen molar-refractivity contribution in [2.45, 2.75) is 25.2 Å². The molecule has 0 spiro atoms. The Morgan fingerprint density at radius 3 is 3.00 bits per heavy atom. The van der Waals surface area contributed by atoms with Crippen LogP contribution in [-0.4, -0.2) is 11.5 Å². The average Bonchev–Trinajstić information content (AvgIpc) is 2.93. The van der Waals surface area contributed by atoms with Crippen molar-refractivity contribution in [2.24, 2.45) is 5.73 Å². The lowest BCUT2D eigenvalue weighted by atomic mass is 9.91. The summed E-state index contributed by atoms with van der Waals surface area (Å²) in [4.78, 5) is 7.52. The van der Waals surface area contributed by atoms with E-state index in [4.69, 9.17) is 10.7 Å². The van der Waals surface area contributed by atoms with Gasteiger partial charge < -0.3 is 5.73 Å². The summed E-state index contributed by atoms with van der Waals surface area (Å²) in [7, 11) is 0. The van der Waals surface area contributed by atoms with Gasteiger partial charge >= 0.3 is 0 Å². The predicted molar refractivity (Wildman–Crippen MR) is 77.9 cm³/mol. The summed E-state index contributed by atoms with van der Waals surface area (Å²) in [6.45, 7) is 0.726. The van der Waals surface area contributed by atoms with Crippen LogP contribution in [0, 0.1) is 0 Å². The molecule has 0 aliphatic heterocycles. The highest BCUT2D eigenvalue weighted by atomic mass is 79.9. The molecule has 3 rings (SSSR count). The summed E-state index contributed by atoms with van der Waals surface area (Å²) in [6.07, 6.45) is 3.63. The molecule has 90 valence electrons. The minimum atomic E-state index is 0.479. The molecule has 0 aromatic carbocycles. The molecule has 0 saturated heterocycles. The van der Waals surface area contributed by atoms with Crippen LogP contribution in [0.15, 0.2) is 15.9 Å². The third-order valence-electron chi connectivity index (χ3n) is 3.14. The minimum absolute atomic E-state index is 0.479. The van der Waals surface area contributed by atoms with Gasteiger partial charge in [-0.25, -0.2) is 4.98 Å². The van der Waals surface area contributed by atoms with Gasteiger partial charge in [0, 0.05) is 17.3 Å². The second-order valence-corrected chi connectivity index (χ2v) is 7.80. The Labute approximate surface area is 117 Å². The zero-order chi connectivity index (χ0) is 11.8. The molecular formula is C12H13BrN2S2. The van der Waals surface area contributed by atoms with Crippen molar-refractivity contribution < 1.29 is 0 Å². The van der Waals surface area contributed by atoms with Gasteiger partial charge in [0.15, 0.2) is 0 Å². The molecule has 1 atom stereocenters. The molecule has 1 aliphatic carbocycles. The number of aromatic nitrogens is 1. The van der Waals surface area contributed by atoms with E-state index in [2.05, 4.69) is 28.1 Å². The van der Waals surface area contributed by atoms with Gasteiger partial charge in [-0.1, -0.05) is 0 Å². The van der Waals surface area contributed by atoms with E-state index >= 15 is 0 Å². The number of hydrogen-bond acceptors (Lipinski definition) is 4. The van der Waals surface area contributed by atoms with Crippen molar-refractivity contribution in [1.82, 2.24) is 4.98 Å². The second kappa shape index (κ2) is 4.80. The molecule has 2 nitrogen and oxygen atoms in total. The van der Waals surface area contributed by atoms with Gasteiger partial charge in [0.1, 0.15) is 5.01 Å². The smallest absolute Gasteiger partial charge is 0.133 e. The minimum Gasteiger partial charge on any atom is -0.330 e. The van der Waals surface area contributed by atoms with Crippen LogP contribution in [0.2, 0.25) is 0 Å². The van der Waals surface area contributed by atoms with Crippen LogP contribution in [-0.2, 0) is 6.42 Å². The van der Waals surface area contributed by atoms with Gasteiger partial charge in [-0.05, 0) is 47.3 Å². The molecule has 17 heavy (non-hydrogen) atoms. The number of fused-ring (bicyclic) bond motifs is 1. The van der Waals surface area contributed by atoms with Gasteiger partial charge in [-0.3, -0.25) is 0 Å². The van der Waals surface area contributed by atoms with Crippen LogP contribution in [0.1, 0.15) is 29.3 Å². The molecule has 0 bridgehead atoms. The maximum Gasteiger partial charge on any atom is 0.133 e. The zero-order valence-corrected chi connectivity index (χ0v) is 12.5. The average molecular weight is 329 g/mol. The highest BCUT2D eigenvalue weighted by Gasteiger charge is 2.24. The first-order chi connectivity index (χ1) is 8.28. The second-order valence-electron chi connectivity index (χ2n) is 4.26. The van der Waals surface area contributed by atoms with Crippen molar-refractivity contribution in [3.05, 3.63) is 26.5 Å². The lowest BCUT2D eigenvalue weighted by Crippen LogP contribution is -2.17. The monoisotopic (exact) mass is 328 g/mol. The first-order valence-electron chi connectivity index (χ1n) is 5.73. The summed E-state index contributed by atoms with van der Waals surface area (Å²) in [5, 5.41) is 1.16. The van der Waals surface area contributed by atoms with Crippen molar-refractivity contribution in [3.63, 3.8) is 0 Å². The van der Waals surface area contributed by atoms with Crippen LogP contribution >= 0.6 is 38.6 Å². The number of thiazole rings is 1. The van der Waals surface area contributed by atoms with E-state index in [0.717, 1.165) is 15.3 Å². The molecule has 2 aromatic heterocycles. The van der Waals surface area contributed by atoms with Crippen molar-refractivity contribution >= 4 is 38.6 Å². The van der Waals surface area contributed by atoms with E-state index in [-0.39, 0.29) is 0 Å². The van der Waals surface area contributed by atoms with Gasteiger partial charge in [0.25, 0.3) is 0 Å². The van der Waals surface area contributed by atoms with Crippen molar-refractivity contribution in [2.75, 3.05) is 6.54 Å². The Hall–Kier alpha value is -0.230. The molecule has 1 aliphatic rings. The maximum absolute atomic E-state index is 5.83. The standard InChI is InChI=1S/C12H13BrN2S2/c13-10-5-4-9(16-10)12-15-11-7(6-14)2-1-3-8(11)17-12/h4-5,7H,1-3,6,14H2. The Kier molecular flexibility index (Phi) is 3.34. The third-order valence-corrected chi connectivity index (χ3v) is 6.06. The Morgan fingerprint density at radius 1 is 1.41 bits per heavy atom. The molecule has 0 radical (unpaired) electrons. The summed E-state index contributed by atoms with van der Waals surface area (Å²) in [5.74, 6) is 0.479. The molecule has 2 aromatic rings. The number of thiophene rings is 1. The number of nitrogens with zero attached hydrogens (tertiary/aromatic N) is 1. The Bertz CT molecular complexity index is 532. The van der Waals surface area contributed by atoms with Crippen LogP contribution in [0.3, 0.4) is 0 Å². The number of hydrogen-bond donors (Lipinski definition) is 1. The van der Waals surface area contributed by atoms with E-state index < -0.39 is 0 Å². The predicted octanol–water partition coefficient (Wildman–Crippen LogP) is 4.01. The highest BCUT2D eigenvalue weighted by molar-refractivity contribution is 9.11. The van der Waals surface area contributed by atoms with Crippen molar-refractivity contribution in [1.29, 1.82) is 0 Å². The molecule has 0 fully saturated rings. The molecule has 1 unspecified atom stereocenters. The SMILES string of the molecule is NCC1CCCc2sc(-c3ccc(Br)s3)nc21. The maximum atomic E-state index is 5.83. The topological polar surface area (TPSA) is 38.9 Å². The quantitative estimate of drug-likeness (QED) is 0.904. The Morgan fingerprint density at radius 2 is 2.29 bits per heavy atom. The summed E-state index contributed by atoms with van der Waals surface area (Å²) >= 11 is 7.09. The van der Waals surface area contributed by atoms with Gasteiger partial charge in [-0.2, -0.15) is 0 Å². The number of nitrogens with two attached hydrogens (primary N) is 1. The van der Waals surface area contributed by atoms with Crippen LogP contribution in [0.5, 0.6) is 0 Å². The molecule has 0 saturated carbocycles. The lowest BCUT2D eigenvalue weighted by Gasteiger charge is -2.18. The zero-order valence-electron chi connectivity index (χ0n) is 9.28. The van der Waals surface area contributed by atoms with E-state index in [1.807, 2.05) is 11.3 Å². The van der Waals surface area contributed by atoms with Crippen LogP contribution in [0.4, 0.5) is 0 Å². The highest BCUT2D eigenvalue weighted by Crippen LogP contribution is 2.40. The fraction of sp³-hybridized carbons (Fsp3) is 0.417. The lowest BCUT2D eigenvalue weighted by molar-refractivity contribution is 0.554. The summed E-state index contributed by atoms with van der Waals surface area (Å²) < 4.78 is 1.16. The van der Waals surface area contributed by atoms with Crippen LogP contribution in [0.25, 0.3) is 9.88 Å². The first-order valence-corrected chi connectivity index (χ1v) is 8.16. The van der Waals surface area contributed by atoms with Gasteiger partial charge in [0.05, 0.1) is 14.4 Å². The molecular weight excluding hydrogens is 316 g/mol.